The van der Waals surface area contributed by atoms with Crippen LogP contribution in [0.3, 0.4) is 0 Å². The Morgan fingerprint density at radius 1 is 1.10 bits per heavy atom. The number of carbonyl (C=O) groups is 1. The molecule has 1 amide bonds. The molecule has 3 aromatic rings. The van der Waals surface area contributed by atoms with Crippen LogP contribution in [-0.2, 0) is 11.8 Å². The van der Waals surface area contributed by atoms with Crippen molar-refractivity contribution in [2.24, 2.45) is 7.05 Å². The summed E-state index contributed by atoms with van der Waals surface area (Å²) in [4.78, 5) is 25.7. The number of aryl methyl sites for hydroxylation is 2. The van der Waals surface area contributed by atoms with Crippen LogP contribution < -0.4 is 15.0 Å². The predicted molar refractivity (Wildman–Crippen MR) is 119 cm³/mol. The Morgan fingerprint density at radius 2 is 1.77 bits per heavy atom. The van der Waals surface area contributed by atoms with Gasteiger partial charge in [0.15, 0.2) is 0 Å². The minimum Gasteiger partial charge on any atom is -0.497 e. The van der Waals surface area contributed by atoms with Crippen molar-refractivity contribution in [1.29, 1.82) is 0 Å². The number of methoxy groups -OCH3 is 1. The number of piperazine rings is 1. The van der Waals surface area contributed by atoms with Crippen LogP contribution in [0.1, 0.15) is 5.69 Å². The number of ether oxygens (including phenoxy) is 1. The fourth-order valence-electron chi connectivity index (χ4n) is 3.84. The Hall–Kier alpha value is -3.46. The molecule has 4 rings (SSSR count). The third kappa shape index (κ3) is 4.66. The monoisotopic (exact) mass is 421 g/mol. The summed E-state index contributed by atoms with van der Waals surface area (Å²) in [5.41, 5.74) is 2.77. The van der Waals surface area contributed by atoms with Crippen molar-refractivity contribution in [2.75, 3.05) is 50.1 Å². The molecule has 0 unspecified atom stereocenters. The summed E-state index contributed by atoms with van der Waals surface area (Å²) in [5, 5.41) is 7.58. The van der Waals surface area contributed by atoms with E-state index in [1.165, 1.54) is 0 Å². The quantitative estimate of drug-likeness (QED) is 0.651. The third-order valence-electron chi connectivity index (χ3n) is 5.43. The average molecular weight is 422 g/mol. The van der Waals surface area contributed by atoms with Crippen molar-refractivity contribution in [2.45, 2.75) is 6.92 Å². The lowest BCUT2D eigenvalue weighted by Gasteiger charge is -2.34. The van der Waals surface area contributed by atoms with E-state index >= 15 is 0 Å². The van der Waals surface area contributed by atoms with E-state index in [4.69, 9.17) is 4.74 Å². The fraction of sp³-hybridized carbons (Fsp3) is 0.364. The van der Waals surface area contributed by atoms with E-state index in [9.17, 15) is 4.79 Å². The molecule has 3 heterocycles. The number of carbonyl (C=O) groups excluding carboxylic acids is 1. The second kappa shape index (κ2) is 9.13. The zero-order valence-corrected chi connectivity index (χ0v) is 18.1. The van der Waals surface area contributed by atoms with Gasteiger partial charge < -0.3 is 15.0 Å². The fourth-order valence-corrected chi connectivity index (χ4v) is 3.84. The maximum Gasteiger partial charge on any atom is 0.239 e. The summed E-state index contributed by atoms with van der Waals surface area (Å²) in [6.07, 6.45) is 3.50. The normalized spacial score (nSPS) is 14.5. The molecule has 31 heavy (non-hydrogen) atoms. The number of aromatic nitrogens is 4. The molecule has 1 aliphatic heterocycles. The largest absolute Gasteiger partial charge is 0.497 e. The molecule has 9 heteroatoms. The highest BCUT2D eigenvalue weighted by Gasteiger charge is 2.22. The van der Waals surface area contributed by atoms with Gasteiger partial charge in [-0.05, 0) is 30.7 Å². The molecule has 0 aliphatic carbocycles. The molecular formula is C22H27N7O2. The van der Waals surface area contributed by atoms with Gasteiger partial charge in [0, 0.05) is 51.2 Å². The number of hydrogen-bond donors (Lipinski definition) is 1. The smallest absolute Gasteiger partial charge is 0.239 e. The minimum atomic E-state index is -0.0535. The Balaban J connectivity index is 1.40. The van der Waals surface area contributed by atoms with E-state index in [2.05, 4.69) is 30.2 Å². The van der Waals surface area contributed by atoms with Crippen molar-refractivity contribution < 1.29 is 9.53 Å². The van der Waals surface area contributed by atoms with Gasteiger partial charge in [0.25, 0.3) is 0 Å². The van der Waals surface area contributed by atoms with Gasteiger partial charge in [0.2, 0.25) is 11.9 Å². The Morgan fingerprint density at radius 3 is 2.42 bits per heavy atom. The second-order valence-corrected chi connectivity index (χ2v) is 7.52. The molecule has 1 aliphatic rings. The standard InChI is InChI=1S/C22H27N7O2/c1-16-20(17-5-7-18(31-3)8-6-17)21(27(2)26-16)25-19(30)15-28-11-13-29(14-12-28)22-23-9-4-10-24-22/h4-10H,11-15H2,1-3H3,(H,25,30). The van der Waals surface area contributed by atoms with Crippen LogP contribution in [0.5, 0.6) is 5.75 Å². The van der Waals surface area contributed by atoms with Crippen LogP contribution in [-0.4, -0.2) is 70.4 Å². The summed E-state index contributed by atoms with van der Waals surface area (Å²) in [5.74, 6) is 2.17. The van der Waals surface area contributed by atoms with E-state index in [1.54, 1.807) is 24.2 Å². The van der Waals surface area contributed by atoms with Gasteiger partial charge in [0.05, 0.1) is 19.3 Å². The van der Waals surface area contributed by atoms with E-state index in [0.717, 1.165) is 54.7 Å². The van der Waals surface area contributed by atoms with Gasteiger partial charge in [-0.15, -0.1) is 0 Å². The molecule has 0 atom stereocenters. The lowest BCUT2D eigenvalue weighted by molar-refractivity contribution is -0.117. The highest BCUT2D eigenvalue weighted by atomic mass is 16.5. The molecule has 2 aromatic heterocycles. The molecular weight excluding hydrogens is 394 g/mol. The third-order valence-corrected chi connectivity index (χ3v) is 5.43. The van der Waals surface area contributed by atoms with Crippen molar-refractivity contribution in [3.63, 3.8) is 0 Å². The van der Waals surface area contributed by atoms with Gasteiger partial charge in [-0.2, -0.15) is 5.10 Å². The first-order valence-corrected chi connectivity index (χ1v) is 10.3. The van der Waals surface area contributed by atoms with Crippen molar-refractivity contribution in [3.8, 4) is 16.9 Å². The number of nitrogens with zero attached hydrogens (tertiary/aromatic N) is 6. The van der Waals surface area contributed by atoms with Crippen LogP contribution in [0.15, 0.2) is 42.7 Å². The highest BCUT2D eigenvalue weighted by Crippen LogP contribution is 2.32. The minimum absolute atomic E-state index is 0.0535. The molecule has 9 nitrogen and oxygen atoms in total. The molecule has 0 bridgehead atoms. The number of hydrogen-bond acceptors (Lipinski definition) is 7. The van der Waals surface area contributed by atoms with Crippen LogP contribution in [0.4, 0.5) is 11.8 Å². The average Bonchev–Trinajstić information content (AvgIpc) is 3.07. The molecule has 0 saturated carbocycles. The molecule has 1 N–H and O–H groups in total. The SMILES string of the molecule is COc1ccc(-c2c(C)nn(C)c2NC(=O)CN2CCN(c3ncccn3)CC2)cc1. The molecule has 1 fully saturated rings. The zero-order chi connectivity index (χ0) is 21.8. The number of benzene rings is 1. The Labute approximate surface area is 181 Å². The number of amides is 1. The van der Waals surface area contributed by atoms with E-state index in [-0.39, 0.29) is 5.91 Å². The number of anilines is 2. The lowest BCUT2D eigenvalue weighted by Crippen LogP contribution is -2.49. The number of nitrogens with one attached hydrogen (secondary N) is 1. The predicted octanol–water partition coefficient (Wildman–Crippen LogP) is 1.95. The molecule has 0 spiro atoms. The van der Waals surface area contributed by atoms with Gasteiger partial charge in [-0.1, -0.05) is 12.1 Å². The van der Waals surface area contributed by atoms with Crippen LogP contribution >= 0.6 is 0 Å². The molecule has 1 saturated heterocycles. The molecule has 162 valence electrons. The van der Waals surface area contributed by atoms with E-state index in [1.807, 2.05) is 44.3 Å². The number of rotatable bonds is 6. The second-order valence-electron chi connectivity index (χ2n) is 7.52. The summed E-state index contributed by atoms with van der Waals surface area (Å²) < 4.78 is 6.97. The lowest BCUT2D eigenvalue weighted by atomic mass is 10.1. The molecule has 1 aromatic carbocycles. The van der Waals surface area contributed by atoms with Crippen LogP contribution in [0.2, 0.25) is 0 Å². The first-order valence-electron chi connectivity index (χ1n) is 10.3. The van der Waals surface area contributed by atoms with Crippen LogP contribution in [0, 0.1) is 6.92 Å². The summed E-state index contributed by atoms with van der Waals surface area (Å²) in [6.45, 7) is 5.41. The van der Waals surface area contributed by atoms with E-state index < -0.39 is 0 Å². The van der Waals surface area contributed by atoms with Crippen molar-refractivity contribution in [3.05, 3.63) is 48.4 Å². The summed E-state index contributed by atoms with van der Waals surface area (Å²) in [7, 11) is 3.48. The maximum atomic E-state index is 12.8. The van der Waals surface area contributed by atoms with Gasteiger partial charge in [-0.3, -0.25) is 14.4 Å². The topological polar surface area (TPSA) is 88.4 Å². The maximum absolute atomic E-state index is 12.8. The van der Waals surface area contributed by atoms with Crippen LogP contribution in [0.25, 0.3) is 11.1 Å². The van der Waals surface area contributed by atoms with Gasteiger partial charge in [0.1, 0.15) is 11.6 Å². The summed E-state index contributed by atoms with van der Waals surface area (Å²) in [6, 6.07) is 9.57. The van der Waals surface area contributed by atoms with Crippen molar-refractivity contribution in [1.82, 2.24) is 24.6 Å². The first-order chi connectivity index (χ1) is 15.0. The van der Waals surface area contributed by atoms with Gasteiger partial charge in [-0.25, -0.2) is 9.97 Å². The first kappa shape index (κ1) is 20.8. The molecule has 0 radical (unpaired) electrons. The van der Waals surface area contributed by atoms with Crippen molar-refractivity contribution >= 4 is 17.7 Å². The summed E-state index contributed by atoms with van der Waals surface area (Å²) >= 11 is 0. The Kier molecular flexibility index (Phi) is 6.13. The highest BCUT2D eigenvalue weighted by molar-refractivity contribution is 5.96. The Bertz CT molecular complexity index is 1030. The van der Waals surface area contributed by atoms with Gasteiger partial charge >= 0.3 is 0 Å². The zero-order valence-electron chi connectivity index (χ0n) is 18.1. The van der Waals surface area contributed by atoms with E-state index in [0.29, 0.717) is 12.4 Å².